The molecule has 0 bridgehead atoms. The summed E-state index contributed by atoms with van der Waals surface area (Å²) in [6.07, 6.45) is 0. The number of Topliss-reactive ketones (excluding diaryl/α,β-unsaturated/α-hetero) is 1. The van der Waals surface area contributed by atoms with Crippen LogP contribution in [0.2, 0.25) is 0 Å². The normalized spacial score (nSPS) is 17.9. The highest BCUT2D eigenvalue weighted by atomic mass is 19.1. The van der Waals surface area contributed by atoms with Crippen molar-refractivity contribution in [2.45, 2.75) is 26.4 Å². The van der Waals surface area contributed by atoms with E-state index in [9.17, 15) is 19.1 Å². The highest BCUT2D eigenvalue weighted by molar-refractivity contribution is 6.46. The molecule has 4 nitrogen and oxygen atoms in total. The van der Waals surface area contributed by atoms with Crippen molar-refractivity contribution in [3.05, 3.63) is 112 Å². The van der Waals surface area contributed by atoms with Crippen molar-refractivity contribution in [1.29, 1.82) is 0 Å². The molecule has 1 heterocycles. The van der Waals surface area contributed by atoms with Gasteiger partial charge in [-0.3, -0.25) is 9.59 Å². The van der Waals surface area contributed by atoms with Gasteiger partial charge in [0, 0.05) is 12.1 Å². The molecule has 0 spiro atoms. The number of benzene rings is 3. The third-order valence-corrected chi connectivity index (χ3v) is 5.57. The summed E-state index contributed by atoms with van der Waals surface area (Å²) in [4.78, 5) is 27.5. The SMILES string of the molecule is Cc1ccc(C)c(/C(O)=C2\C(=O)C(=O)N(Cc3ccccc3)C2c2ccc(F)cc2)c1. The minimum Gasteiger partial charge on any atom is -0.507 e. The van der Waals surface area contributed by atoms with Gasteiger partial charge in [0.05, 0.1) is 11.6 Å². The first kappa shape index (κ1) is 20.5. The monoisotopic (exact) mass is 415 g/mol. The van der Waals surface area contributed by atoms with E-state index in [1.807, 2.05) is 56.3 Å². The van der Waals surface area contributed by atoms with Gasteiger partial charge >= 0.3 is 0 Å². The van der Waals surface area contributed by atoms with Crippen LogP contribution in [0.4, 0.5) is 4.39 Å². The molecule has 156 valence electrons. The molecule has 1 fully saturated rings. The van der Waals surface area contributed by atoms with Gasteiger partial charge in [0.1, 0.15) is 11.6 Å². The van der Waals surface area contributed by atoms with Crippen molar-refractivity contribution in [3.63, 3.8) is 0 Å². The topological polar surface area (TPSA) is 57.6 Å². The Balaban J connectivity index is 1.90. The van der Waals surface area contributed by atoms with Crippen LogP contribution in [0.3, 0.4) is 0 Å². The number of ketones is 1. The number of hydrogen-bond donors (Lipinski definition) is 1. The standard InChI is InChI=1S/C26H22FNO3/c1-16-8-9-17(2)21(14-16)24(29)22-23(19-10-12-20(27)13-11-19)28(26(31)25(22)30)15-18-6-4-3-5-7-18/h3-14,23,29H,15H2,1-2H3/b24-22+. The molecule has 1 atom stereocenters. The van der Waals surface area contributed by atoms with E-state index in [0.717, 1.165) is 16.7 Å². The number of amides is 1. The summed E-state index contributed by atoms with van der Waals surface area (Å²) in [5.74, 6) is -2.07. The van der Waals surface area contributed by atoms with Crippen LogP contribution in [0.1, 0.15) is 33.9 Å². The largest absolute Gasteiger partial charge is 0.507 e. The first-order chi connectivity index (χ1) is 14.9. The maximum absolute atomic E-state index is 13.6. The minimum atomic E-state index is -0.819. The number of nitrogens with zero attached hydrogens (tertiary/aromatic N) is 1. The fourth-order valence-electron chi connectivity index (χ4n) is 3.95. The fraction of sp³-hybridized carbons (Fsp3) is 0.154. The van der Waals surface area contributed by atoms with Gasteiger partial charge in [-0.25, -0.2) is 4.39 Å². The number of rotatable bonds is 4. The molecule has 1 N–H and O–H groups in total. The maximum Gasteiger partial charge on any atom is 0.295 e. The van der Waals surface area contributed by atoms with Crippen molar-refractivity contribution >= 4 is 17.4 Å². The molecular weight excluding hydrogens is 393 g/mol. The molecule has 5 heteroatoms. The molecule has 4 rings (SSSR count). The summed E-state index contributed by atoms with van der Waals surface area (Å²) in [7, 11) is 0. The van der Waals surface area contributed by atoms with Gasteiger partial charge in [-0.05, 0) is 48.7 Å². The Morgan fingerprint density at radius 3 is 2.32 bits per heavy atom. The fourth-order valence-corrected chi connectivity index (χ4v) is 3.95. The lowest BCUT2D eigenvalue weighted by molar-refractivity contribution is -0.140. The average molecular weight is 415 g/mol. The Morgan fingerprint density at radius 1 is 0.968 bits per heavy atom. The zero-order chi connectivity index (χ0) is 22.1. The van der Waals surface area contributed by atoms with E-state index in [-0.39, 0.29) is 17.9 Å². The van der Waals surface area contributed by atoms with Crippen molar-refractivity contribution < 1.29 is 19.1 Å². The number of aliphatic hydroxyl groups is 1. The predicted molar refractivity (Wildman–Crippen MR) is 117 cm³/mol. The zero-order valence-corrected chi connectivity index (χ0v) is 17.3. The maximum atomic E-state index is 13.6. The Labute approximate surface area is 180 Å². The van der Waals surface area contributed by atoms with Crippen molar-refractivity contribution in [1.82, 2.24) is 4.90 Å². The number of carbonyl (C=O) groups excluding carboxylic acids is 2. The van der Waals surface area contributed by atoms with Crippen LogP contribution in [-0.2, 0) is 16.1 Å². The lowest BCUT2D eigenvalue weighted by Crippen LogP contribution is -2.29. The van der Waals surface area contributed by atoms with E-state index in [4.69, 9.17) is 0 Å². The highest BCUT2D eigenvalue weighted by Crippen LogP contribution is 2.40. The average Bonchev–Trinajstić information content (AvgIpc) is 3.01. The molecule has 0 saturated carbocycles. The molecule has 31 heavy (non-hydrogen) atoms. The molecule has 0 aromatic heterocycles. The second kappa shape index (κ2) is 8.19. The summed E-state index contributed by atoms with van der Waals surface area (Å²) < 4.78 is 13.6. The summed E-state index contributed by atoms with van der Waals surface area (Å²) in [5.41, 5.74) is 3.64. The van der Waals surface area contributed by atoms with Crippen LogP contribution >= 0.6 is 0 Å². The summed E-state index contributed by atoms with van der Waals surface area (Å²) in [6.45, 7) is 3.92. The molecule has 1 saturated heterocycles. The molecule has 0 radical (unpaired) electrons. The smallest absolute Gasteiger partial charge is 0.295 e. The van der Waals surface area contributed by atoms with Crippen molar-refractivity contribution in [3.8, 4) is 0 Å². The van der Waals surface area contributed by atoms with Gasteiger partial charge in [0.25, 0.3) is 11.7 Å². The van der Waals surface area contributed by atoms with E-state index in [1.165, 1.54) is 17.0 Å². The van der Waals surface area contributed by atoms with Gasteiger partial charge < -0.3 is 10.0 Å². The summed E-state index contributed by atoms with van der Waals surface area (Å²) in [6, 6.07) is 19.7. The second-order valence-electron chi connectivity index (χ2n) is 7.78. The number of carbonyl (C=O) groups is 2. The quantitative estimate of drug-likeness (QED) is 0.368. The minimum absolute atomic E-state index is 0.0150. The van der Waals surface area contributed by atoms with Crippen LogP contribution in [0.5, 0.6) is 0 Å². The first-order valence-electron chi connectivity index (χ1n) is 10.0. The lowest BCUT2D eigenvalue weighted by Gasteiger charge is -2.25. The van der Waals surface area contributed by atoms with Crippen LogP contribution in [0, 0.1) is 19.7 Å². The summed E-state index contributed by atoms with van der Waals surface area (Å²) >= 11 is 0. The second-order valence-corrected chi connectivity index (χ2v) is 7.78. The Morgan fingerprint density at radius 2 is 1.65 bits per heavy atom. The van der Waals surface area contributed by atoms with E-state index < -0.39 is 23.5 Å². The number of halogens is 1. The van der Waals surface area contributed by atoms with Crippen molar-refractivity contribution in [2.24, 2.45) is 0 Å². The molecule has 3 aromatic carbocycles. The van der Waals surface area contributed by atoms with Crippen LogP contribution < -0.4 is 0 Å². The van der Waals surface area contributed by atoms with Gasteiger partial charge in [-0.1, -0.05) is 60.2 Å². The van der Waals surface area contributed by atoms with Gasteiger partial charge in [0.15, 0.2) is 0 Å². The van der Waals surface area contributed by atoms with E-state index in [1.54, 1.807) is 18.2 Å². The van der Waals surface area contributed by atoms with E-state index >= 15 is 0 Å². The third kappa shape index (κ3) is 3.87. The Bertz CT molecular complexity index is 1180. The van der Waals surface area contributed by atoms with Gasteiger partial charge in [-0.2, -0.15) is 0 Å². The van der Waals surface area contributed by atoms with Gasteiger partial charge in [-0.15, -0.1) is 0 Å². The number of aliphatic hydroxyl groups excluding tert-OH is 1. The van der Waals surface area contributed by atoms with E-state index in [2.05, 4.69) is 0 Å². The molecule has 1 unspecified atom stereocenters. The van der Waals surface area contributed by atoms with Crippen LogP contribution in [0.15, 0.2) is 78.4 Å². The molecule has 1 aliphatic heterocycles. The van der Waals surface area contributed by atoms with E-state index in [0.29, 0.717) is 11.1 Å². The van der Waals surface area contributed by atoms with Crippen LogP contribution in [-0.4, -0.2) is 21.7 Å². The molecule has 3 aromatic rings. The molecule has 1 amide bonds. The number of aryl methyl sites for hydroxylation is 2. The molecule has 1 aliphatic rings. The Kier molecular flexibility index (Phi) is 5.42. The molecule has 0 aliphatic carbocycles. The Hall–Kier alpha value is -3.73. The summed E-state index contributed by atoms with van der Waals surface area (Å²) in [5, 5.41) is 11.2. The molecular formula is C26H22FNO3. The number of likely N-dealkylation sites (tertiary alicyclic amines) is 1. The third-order valence-electron chi connectivity index (χ3n) is 5.57. The van der Waals surface area contributed by atoms with Crippen LogP contribution in [0.25, 0.3) is 5.76 Å². The number of hydrogen-bond acceptors (Lipinski definition) is 3. The predicted octanol–water partition coefficient (Wildman–Crippen LogP) is 5.06. The van der Waals surface area contributed by atoms with Gasteiger partial charge in [0.2, 0.25) is 0 Å². The first-order valence-corrected chi connectivity index (χ1v) is 10.0. The van der Waals surface area contributed by atoms with Crippen molar-refractivity contribution in [2.75, 3.05) is 0 Å². The zero-order valence-electron chi connectivity index (χ0n) is 17.3. The highest BCUT2D eigenvalue weighted by Gasteiger charge is 2.46. The lowest BCUT2D eigenvalue weighted by atomic mass is 9.93.